The summed E-state index contributed by atoms with van der Waals surface area (Å²) in [7, 11) is 0. The Balaban J connectivity index is 2.04. The number of nitrogens with one attached hydrogen (secondary N) is 1. The maximum absolute atomic E-state index is 12.5. The van der Waals surface area contributed by atoms with Gasteiger partial charge >= 0.3 is 6.18 Å². The van der Waals surface area contributed by atoms with Crippen molar-refractivity contribution in [3.63, 3.8) is 0 Å². The molecule has 3 unspecified atom stereocenters. The molecule has 2 bridgehead atoms. The van der Waals surface area contributed by atoms with Crippen LogP contribution < -0.4 is 5.32 Å². The Morgan fingerprint density at radius 2 is 2.06 bits per heavy atom. The van der Waals surface area contributed by atoms with Crippen LogP contribution in [-0.2, 0) is 4.79 Å². The fourth-order valence-corrected chi connectivity index (χ4v) is 3.02. The highest BCUT2D eigenvalue weighted by atomic mass is 19.4. The molecule has 0 aromatic rings. The van der Waals surface area contributed by atoms with Gasteiger partial charge in [0, 0.05) is 18.1 Å². The van der Waals surface area contributed by atoms with Gasteiger partial charge in [-0.1, -0.05) is 0 Å². The van der Waals surface area contributed by atoms with Gasteiger partial charge < -0.3 is 10.2 Å². The van der Waals surface area contributed by atoms with E-state index in [-0.39, 0.29) is 17.9 Å². The van der Waals surface area contributed by atoms with Crippen molar-refractivity contribution in [2.24, 2.45) is 5.92 Å². The first-order chi connectivity index (χ1) is 8.28. The van der Waals surface area contributed by atoms with E-state index >= 15 is 0 Å². The molecule has 2 rings (SSSR count). The summed E-state index contributed by atoms with van der Waals surface area (Å²) < 4.78 is 37.5. The average molecular weight is 264 g/mol. The minimum absolute atomic E-state index is 0.0805. The predicted octanol–water partition coefficient (Wildman–Crippen LogP) is 1.93. The summed E-state index contributed by atoms with van der Waals surface area (Å²) in [5, 5.41) is 3.29. The van der Waals surface area contributed by atoms with Gasteiger partial charge in [0.25, 0.3) is 0 Å². The minimum atomic E-state index is -4.33. The molecule has 18 heavy (non-hydrogen) atoms. The van der Waals surface area contributed by atoms with Crippen LogP contribution in [0.2, 0.25) is 0 Å². The average Bonchev–Trinajstić information content (AvgIpc) is 2.84. The van der Waals surface area contributed by atoms with Gasteiger partial charge in [0.2, 0.25) is 5.91 Å². The quantitative estimate of drug-likeness (QED) is 0.844. The number of halogens is 3. The van der Waals surface area contributed by atoms with E-state index in [1.165, 1.54) is 0 Å². The third-order valence-corrected chi connectivity index (χ3v) is 3.87. The molecule has 6 heteroatoms. The summed E-state index contributed by atoms with van der Waals surface area (Å²) in [5.41, 5.74) is 0. The fraction of sp³-hybridized carbons (Fsp3) is 0.917. The second-order valence-electron chi connectivity index (χ2n) is 5.56. The van der Waals surface area contributed by atoms with Gasteiger partial charge in [-0.2, -0.15) is 13.2 Å². The van der Waals surface area contributed by atoms with E-state index < -0.39 is 18.8 Å². The van der Waals surface area contributed by atoms with Crippen LogP contribution in [0.3, 0.4) is 0 Å². The van der Waals surface area contributed by atoms with Crippen molar-refractivity contribution in [3.05, 3.63) is 0 Å². The van der Waals surface area contributed by atoms with Crippen LogP contribution in [-0.4, -0.2) is 41.7 Å². The van der Waals surface area contributed by atoms with Crippen LogP contribution in [0.4, 0.5) is 13.2 Å². The number of amides is 1. The molecule has 0 aromatic heterocycles. The Kier molecular flexibility index (Phi) is 3.58. The molecule has 2 aliphatic heterocycles. The van der Waals surface area contributed by atoms with Gasteiger partial charge in [-0.05, 0) is 33.1 Å². The van der Waals surface area contributed by atoms with Crippen molar-refractivity contribution in [1.82, 2.24) is 10.2 Å². The zero-order valence-corrected chi connectivity index (χ0v) is 10.6. The lowest BCUT2D eigenvalue weighted by Gasteiger charge is -2.32. The molecule has 2 aliphatic rings. The lowest BCUT2D eigenvalue weighted by molar-refractivity contribution is -0.167. The summed E-state index contributed by atoms with van der Waals surface area (Å²) >= 11 is 0. The number of carbonyl (C=O) groups is 1. The molecule has 2 heterocycles. The Bertz CT molecular complexity index is 330. The SMILES string of the molecule is CC(C)N(CC(F)(F)F)C(=O)C1CC2CCC1N2. The molecule has 0 saturated carbocycles. The van der Waals surface area contributed by atoms with E-state index in [1.807, 2.05) is 0 Å². The summed E-state index contributed by atoms with van der Waals surface area (Å²) in [6.07, 6.45) is -1.70. The summed E-state index contributed by atoms with van der Waals surface area (Å²) in [6.45, 7) is 2.12. The first-order valence-electron chi connectivity index (χ1n) is 6.41. The summed E-state index contributed by atoms with van der Waals surface area (Å²) in [4.78, 5) is 13.2. The van der Waals surface area contributed by atoms with Gasteiger partial charge in [0.05, 0.1) is 5.92 Å². The topological polar surface area (TPSA) is 32.3 Å². The Morgan fingerprint density at radius 1 is 1.39 bits per heavy atom. The normalized spacial score (nSPS) is 31.1. The number of hydrogen-bond acceptors (Lipinski definition) is 2. The first kappa shape index (κ1) is 13.6. The third kappa shape index (κ3) is 2.79. The number of carbonyl (C=O) groups excluding carboxylic acids is 1. The standard InChI is InChI=1S/C12H19F3N2O/c1-7(2)17(6-12(13,14)15)11(18)9-5-8-3-4-10(9)16-8/h7-10,16H,3-6H2,1-2H3. The smallest absolute Gasteiger partial charge is 0.331 e. The van der Waals surface area contributed by atoms with E-state index in [1.54, 1.807) is 13.8 Å². The molecule has 3 atom stereocenters. The van der Waals surface area contributed by atoms with Gasteiger partial charge in [-0.25, -0.2) is 0 Å². The lowest BCUT2D eigenvalue weighted by Crippen LogP contribution is -2.48. The number of hydrogen-bond donors (Lipinski definition) is 1. The molecule has 0 aromatic carbocycles. The van der Waals surface area contributed by atoms with E-state index in [0.29, 0.717) is 12.5 Å². The molecule has 0 aliphatic carbocycles. The van der Waals surface area contributed by atoms with Crippen LogP contribution in [0.15, 0.2) is 0 Å². The highest BCUT2D eigenvalue weighted by Crippen LogP contribution is 2.35. The van der Waals surface area contributed by atoms with Crippen LogP contribution in [0, 0.1) is 5.92 Å². The van der Waals surface area contributed by atoms with Crippen LogP contribution in [0.25, 0.3) is 0 Å². The number of rotatable bonds is 3. The highest BCUT2D eigenvalue weighted by Gasteiger charge is 2.46. The maximum atomic E-state index is 12.5. The Labute approximate surface area is 105 Å². The molecule has 0 spiro atoms. The Hall–Kier alpha value is -0.780. The monoisotopic (exact) mass is 264 g/mol. The van der Waals surface area contributed by atoms with Crippen molar-refractivity contribution < 1.29 is 18.0 Å². The second-order valence-corrected chi connectivity index (χ2v) is 5.56. The lowest BCUT2D eigenvalue weighted by atomic mass is 9.88. The first-order valence-corrected chi connectivity index (χ1v) is 6.41. The van der Waals surface area contributed by atoms with Gasteiger partial charge in [-0.3, -0.25) is 4.79 Å². The van der Waals surface area contributed by atoms with Crippen LogP contribution >= 0.6 is 0 Å². The van der Waals surface area contributed by atoms with Crippen molar-refractivity contribution >= 4 is 5.91 Å². The molecule has 1 amide bonds. The molecule has 104 valence electrons. The van der Waals surface area contributed by atoms with Crippen LogP contribution in [0.1, 0.15) is 33.1 Å². The zero-order valence-electron chi connectivity index (χ0n) is 10.6. The molecule has 2 fully saturated rings. The van der Waals surface area contributed by atoms with Crippen LogP contribution in [0.5, 0.6) is 0 Å². The van der Waals surface area contributed by atoms with E-state index in [4.69, 9.17) is 0 Å². The van der Waals surface area contributed by atoms with E-state index in [9.17, 15) is 18.0 Å². The molecule has 0 radical (unpaired) electrons. The molecular formula is C12H19F3N2O. The van der Waals surface area contributed by atoms with Crippen molar-refractivity contribution in [2.45, 2.75) is 57.4 Å². The van der Waals surface area contributed by atoms with E-state index in [2.05, 4.69) is 5.32 Å². The molecular weight excluding hydrogens is 245 g/mol. The Morgan fingerprint density at radius 3 is 2.44 bits per heavy atom. The number of fused-ring (bicyclic) bond motifs is 2. The predicted molar refractivity (Wildman–Crippen MR) is 61.0 cm³/mol. The second kappa shape index (κ2) is 4.72. The van der Waals surface area contributed by atoms with Gasteiger partial charge in [0.15, 0.2) is 0 Å². The van der Waals surface area contributed by atoms with Crippen molar-refractivity contribution in [3.8, 4) is 0 Å². The van der Waals surface area contributed by atoms with Gasteiger partial charge in [0.1, 0.15) is 6.54 Å². The zero-order chi connectivity index (χ0) is 13.5. The highest BCUT2D eigenvalue weighted by molar-refractivity contribution is 5.80. The van der Waals surface area contributed by atoms with Crippen molar-refractivity contribution in [1.29, 1.82) is 0 Å². The van der Waals surface area contributed by atoms with Gasteiger partial charge in [-0.15, -0.1) is 0 Å². The summed E-state index contributed by atoms with van der Waals surface area (Å²) in [5.74, 6) is -0.615. The number of nitrogens with zero attached hydrogens (tertiary/aromatic N) is 1. The summed E-state index contributed by atoms with van der Waals surface area (Å²) in [6, 6.07) is -0.0147. The maximum Gasteiger partial charge on any atom is 0.406 e. The fourth-order valence-electron chi connectivity index (χ4n) is 3.02. The third-order valence-electron chi connectivity index (χ3n) is 3.87. The molecule has 2 saturated heterocycles. The molecule has 1 N–H and O–H groups in total. The largest absolute Gasteiger partial charge is 0.406 e. The van der Waals surface area contributed by atoms with E-state index in [0.717, 1.165) is 17.7 Å². The minimum Gasteiger partial charge on any atom is -0.331 e. The van der Waals surface area contributed by atoms with Crippen molar-refractivity contribution in [2.75, 3.05) is 6.54 Å². The molecule has 3 nitrogen and oxygen atoms in total. The number of alkyl halides is 3.